The Balaban J connectivity index is 2.68. The van der Waals surface area contributed by atoms with E-state index < -0.39 is 0 Å². The lowest BCUT2D eigenvalue weighted by molar-refractivity contribution is -0.606. The van der Waals surface area contributed by atoms with E-state index in [1.54, 1.807) is 13.2 Å². The molecule has 0 unspecified atom stereocenters. The van der Waals surface area contributed by atoms with Gasteiger partial charge in [-0.2, -0.15) is 4.73 Å². The highest BCUT2D eigenvalue weighted by molar-refractivity contribution is 5.84. The predicted molar refractivity (Wildman–Crippen MR) is 61.3 cm³/mol. The van der Waals surface area contributed by atoms with Gasteiger partial charge in [0, 0.05) is 24.8 Å². The fourth-order valence-corrected chi connectivity index (χ4v) is 1.30. The molecule has 17 heavy (non-hydrogen) atoms. The van der Waals surface area contributed by atoms with Gasteiger partial charge in [-0.25, -0.2) is 0 Å². The minimum absolute atomic E-state index is 0.152. The number of hydrogen-bond donors (Lipinski definition) is 2. The zero-order chi connectivity index (χ0) is 12.7. The Kier molecular flexibility index (Phi) is 5.38. The molecule has 1 rings (SSSR count). The maximum Gasteiger partial charge on any atom is 0.222 e. The number of methoxy groups -OCH3 is 1. The van der Waals surface area contributed by atoms with Gasteiger partial charge in [0.05, 0.1) is 13.2 Å². The second kappa shape index (κ2) is 6.82. The third-order valence-electron chi connectivity index (χ3n) is 2.04. The van der Waals surface area contributed by atoms with Crippen molar-refractivity contribution in [3.8, 4) is 5.75 Å². The van der Waals surface area contributed by atoms with Crippen LogP contribution >= 0.6 is 0 Å². The summed E-state index contributed by atoms with van der Waals surface area (Å²) in [6.45, 7) is 0.487. The average molecular weight is 240 g/mol. The lowest BCUT2D eigenvalue weighted by Gasteiger charge is -2.07. The summed E-state index contributed by atoms with van der Waals surface area (Å²) >= 11 is 0. The molecule has 0 atom stereocenters. The smallest absolute Gasteiger partial charge is 0.222 e. The summed E-state index contributed by atoms with van der Waals surface area (Å²) in [5.74, 6) is 0.431. The van der Waals surface area contributed by atoms with Crippen LogP contribution in [0.3, 0.4) is 0 Å². The minimum Gasteiger partial charge on any atom is -0.619 e. The Morgan fingerprint density at radius 1 is 1.47 bits per heavy atom. The molecular formula is C11H16N2O4. The summed E-state index contributed by atoms with van der Waals surface area (Å²) < 4.78 is 10.8. The van der Waals surface area contributed by atoms with Crippen LogP contribution in [0.25, 0.3) is 0 Å². The molecule has 6 nitrogen and oxygen atoms in total. The Bertz CT molecular complexity index is 382. The first-order valence-electron chi connectivity index (χ1n) is 5.17. The fourth-order valence-electron chi connectivity index (χ4n) is 1.30. The number of aromatic nitrogens is 1. The zero-order valence-corrected chi connectivity index (χ0v) is 9.68. The zero-order valence-electron chi connectivity index (χ0n) is 9.68. The normalized spacial score (nSPS) is 10.2. The van der Waals surface area contributed by atoms with Crippen LogP contribution in [-0.4, -0.2) is 37.7 Å². The van der Waals surface area contributed by atoms with Crippen LogP contribution in [0.4, 0.5) is 0 Å². The van der Waals surface area contributed by atoms with Crippen LogP contribution in [-0.2, 0) is 11.2 Å². The summed E-state index contributed by atoms with van der Waals surface area (Å²) in [6, 6.07) is 1.67. The molecule has 1 heterocycles. The second-order valence-corrected chi connectivity index (χ2v) is 3.52. The van der Waals surface area contributed by atoms with Crippen molar-refractivity contribution in [2.75, 3.05) is 26.9 Å². The molecule has 1 aromatic rings. The third-order valence-corrected chi connectivity index (χ3v) is 2.04. The molecule has 0 aliphatic heterocycles. The summed E-state index contributed by atoms with van der Waals surface area (Å²) in [4.78, 5) is 0. The van der Waals surface area contributed by atoms with E-state index in [9.17, 15) is 5.21 Å². The topological polar surface area (TPSA) is 89.5 Å². The van der Waals surface area contributed by atoms with E-state index in [0.29, 0.717) is 29.3 Å². The third kappa shape index (κ3) is 4.80. The number of pyridine rings is 1. The molecule has 1 aromatic heterocycles. The average Bonchev–Trinajstić information content (AvgIpc) is 2.28. The van der Waals surface area contributed by atoms with E-state index in [1.807, 2.05) is 0 Å². The van der Waals surface area contributed by atoms with Crippen LogP contribution in [0.15, 0.2) is 18.5 Å². The number of nitrogens with one attached hydrogen (secondary N) is 1. The van der Waals surface area contributed by atoms with Gasteiger partial charge in [-0.1, -0.05) is 0 Å². The molecule has 94 valence electrons. The summed E-state index contributed by atoms with van der Waals surface area (Å²) in [6.07, 6.45) is 2.90. The lowest BCUT2D eigenvalue weighted by Crippen LogP contribution is -2.26. The van der Waals surface area contributed by atoms with Gasteiger partial charge < -0.3 is 25.2 Å². The molecule has 0 fully saturated rings. The predicted octanol–water partition coefficient (Wildman–Crippen LogP) is -0.100. The molecule has 0 bridgehead atoms. The maximum absolute atomic E-state index is 11.3. The van der Waals surface area contributed by atoms with Crippen molar-refractivity contribution in [1.82, 2.24) is 0 Å². The van der Waals surface area contributed by atoms with E-state index in [0.717, 1.165) is 0 Å². The van der Waals surface area contributed by atoms with Crippen molar-refractivity contribution in [2.45, 2.75) is 6.42 Å². The second-order valence-electron chi connectivity index (χ2n) is 3.52. The van der Waals surface area contributed by atoms with Crippen LogP contribution in [0.5, 0.6) is 5.75 Å². The molecule has 0 saturated carbocycles. The molecule has 0 aliphatic rings. The molecule has 6 heteroatoms. The van der Waals surface area contributed by atoms with Gasteiger partial charge in [0.15, 0.2) is 11.9 Å². The van der Waals surface area contributed by atoms with Gasteiger partial charge >= 0.3 is 0 Å². The van der Waals surface area contributed by atoms with Gasteiger partial charge in [-0.3, -0.25) is 0 Å². The van der Waals surface area contributed by atoms with E-state index in [2.05, 4.69) is 0 Å². The molecule has 0 aliphatic carbocycles. The van der Waals surface area contributed by atoms with Crippen LogP contribution in [0.2, 0.25) is 0 Å². The van der Waals surface area contributed by atoms with Crippen LogP contribution < -0.4 is 9.47 Å². The highest BCUT2D eigenvalue weighted by Gasteiger charge is 2.06. The van der Waals surface area contributed by atoms with Crippen LogP contribution in [0, 0.1) is 10.6 Å². The number of aliphatic hydroxyl groups excluding tert-OH is 1. The van der Waals surface area contributed by atoms with E-state index in [-0.39, 0.29) is 18.7 Å². The standard InChI is InChI=1S/C11H16N2O4/c1-16-2-3-17-11-5-9(4-10(12)8-14)6-13(15)7-11/h5-7,12,14H,2-4,8H2,1H3. The number of aliphatic hydroxyl groups is 1. The van der Waals surface area contributed by atoms with E-state index in [1.165, 1.54) is 12.4 Å². The first-order chi connectivity index (χ1) is 8.15. The monoisotopic (exact) mass is 240 g/mol. The molecule has 0 amide bonds. The fraction of sp³-hybridized carbons (Fsp3) is 0.455. The van der Waals surface area contributed by atoms with Crippen molar-refractivity contribution < 1.29 is 19.3 Å². The molecule has 2 N–H and O–H groups in total. The van der Waals surface area contributed by atoms with E-state index in [4.69, 9.17) is 20.0 Å². The van der Waals surface area contributed by atoms with E-state index >= 15 is 0 Å². The number of nitrogens with zero attached hydrogens (tertiary/aromatic N) is 1. The van der Waals surface area contributed by atoms with Gasteiger partial charge in [-0.05, 0) is 6.07 Å². The van der Waals surface area contributed by atoms with Crippen molar-refractivity contribution in [3.05, 3.63) is 29.2 Å². The minimum atomic E-state index is -0.312. The van der Waals surface area contributed by atoms with Gasteiger partial charge in [0.2, 0.25) is 6.20 Å². The van der Waals surface area contributed by atoms with Crippen molar-refractivity contribution >= 4 is 5.71 Å². The maximum atomic E-state index is 11.3. The number of ether oxygens (including phenoxy) is 2. The largest absolute Gasteiger partial charge is 0.619 e. The van der Waals surface area contributed by atoms with Crippen molar-refractivity contribution in [1.29, 1.82) is 5.41 Å². The Hall–Kier alpha value is -1.66. The molecular weight excluding hydrogens is 224 g/mol. The molecule has 0 saturated heterocycles. The van der Waals surface area contributed by atoms with Crippen molar-refractivity contribution in [2.24, 2.45) is 0 Å². The van der Waals surface area contributed by atoms with Gasteiger partial charge in [0.1, 0.15) is 6.61 Å². The van der Waals surface area contributed by atoms with Gasteiger partial charge in [0.25, 0.3) is 0 Å². The Labute approximate surface area is 99.5 Å². The van der Waals surface area contributed by atoms with Gasteiger partial charge in [-0.15, -0.1) is 0 Å². The SMILES string of the molecule is COCCOc1cc(CC(=N)CO)c[n+]([O-])c1. The molecule has 0 radical (unpaired) electrons. The highest BCUT2D eigenvalue weighted by Crippen LogP contribution is 2.10. The Morgan fingerprint density at radius 2 is 2.24 bits per heavy atom. The first-order valence-corrected chi connectivity index (χ1v) is 5.17. The summed E-state index contributed by atoms with van der Waals surface area (Å²) in [7, 11) is 1.57. The highest BCUT2D eigenvalue weighted by atomic mass is 16.5. The summed E-state index contributed by atoms with van der Waals surface area (Å²) in [5, 5.41) is 27.4. The van der Waals surface area contributed by atoms with Crippen LogP contribution in [0.1, 0.15) is 5.56 Å². The quantitative estimate of drug-likeness (QED) is 0.301. The lowest BCUT2D eigenvalue weighted by atomic mass is 10.1. The molecule has 0 spiro atoms. The number of rotatable bonds is 7. The first kappa shape index (κ1) is 13.4. The Morgan fingerprint density at radius 3 is 2.88 bits per heavy atom. The summed E-state index contributed by atoms with van der Waals surface area (Å²) in [5.41, 5.74) is 0.785. The number of hydrogen-bond acceptors (Lipinski definition) is 5. The van der Waals surface area contributed by atoms with Crippen molar-refractivity contribution in [3.63, 3.8) is 0 Å². The molecule has 0 aromatic carbocycles.